The summed E-state index contributed by atoms with van der Waals surface area (Å²) in [6.45, 7) is 8.70. The summed E-state index contributed by atoms with van der Waals surface area (Å²) in [4.78, 5) is 14.5. The number of aliphatic hydroxyl groups is 1. The minimum absolute atomic E-state index is 0.120. The molecule has 0 spiro atoms. The van der Waals surface area contributed by atoms with Crippen molar-refractivity contribution in [1.82, 2.24) is 15.5 Å². The molecule has 1 aromatic carbocycles. The zero-order valence-electron chi connectivity index (χ0n) is 15.7. The number of nitrogens with zero attached hydrogens (tertiary/aromatic N) is 1. The molecule has 1 aliphatic rings. The van der Waals surface area contributed by atoms with Crippen molar-refractivity contribution in [2.75, 3.05) is 19.6 Å². The van der Waals surface area contributed by atoms with E-state index in [2.05, 4.69) is 46.7 Å². The monoisotopic (exact) mass is 347 g/mol. The summed E-state index contributed by atoms with van der Waals surface area (Å²) in [6, 6.07) is 11.1. The van der Waals surface area contributed by atoms with Gasteiger partial charge in [0, 0.05) is 31.7 Å². The Bertz CT molecular complexity index is 513. The lowest BCUT2D eigenvalue weighted by atomic mass is 10.0. The summed E-state index contributed by atoms with van der Waals surface area (Å²) in [5.74, 6) is 0.223. The molecule has 0 saturated carbocycles. The van der Waals surface area contributed by atoms with E-state index in [9.17, 15) is 9.90 Å². The van der Waals surface area contributed by atoms with Gasteiger partial charge in [-0.1, -0.05) is 44.2 Å². The van der Waals surface area contributed by atoms with E-state index in [1.54, 1.807) is 0 Å². The van der Waals surface area contributed by atoms with Gasteiger partial charge in [-0.3, -0.25) is 4.90 Å². The van der Waals surface area contributed by atoms with Gasteiger partial charge in [-0.05, 0) is 37.7 Å². The molecule has 2 atom stereocenters. The van der Waals surface area contributed by atoms with Crippen molar-refractivity contribution in [1.29, 1.82) is 0 Å². The summed E-state index contributed by atoms with van der Waals surface area (Å²) >= 11 is 0. The number of carbonyl (C=O) groups is 1. The highest BCUT2D eigenvalue weighted by Gasteiger charge is 2.24. The average Bonchev–Trinajstić information content (AvgIpc) is 2.62. The SMILES string of the molecule is CC(C)C(O)CCNC(=O)NC1CCN(C(C)c2ccccc2)CC1. The molecule has 1 aliphatic heterocycles. The van der Waals surface area contributed by atoms with Crippen LogP contribution in [0.1, 0.15) is 51.6 Å². The van der Waals surface area contributed by atoms with Gasteiger partial charge in [0.2, 0.25) is 0 Å². The second kappa shape index (κ2) is 9.78. The number of hydrogen-bond acceptors (Lipinski definition) is 3. The molecule has 0 radical (unpaired) electrons. The van der Waals surface area contributed by atoms with Crippen LogP contribution in [0.25, 0.3) is 0 Å². The minimum Gasteiger partial charge on any atom is -0.393 e. The Balaban J connectivity index is 1.67. The quantitative estimate of drug-likeness (QED) is 0.710. The number of carbonyl (C=O) groups excluding carboxylic acids is 1. The van der Waals surface area contributed by atoms with Gasteiger partial charge in [0.25, 0.3) is 0 Å². The molecule has 1 aromatic rings. The zero-order valence-corrected chi connectivity index (χ0v) is 15.7. The Morgan fingerprint density at radius 2 is 1.84 bits per heavy atom. The van der Waals surface area contributed by atoms with Crippen molar-refractivity contribution in [3.8, 4) is 0 Å². The van der Waals surface area contributed by atoms with Gasteiger partial charge in [-0.15, -0.1) is 0 Å². The summed E-state index contributed by atoms with van der Waals surface area (Å²) < 4.78 is 0. The van der Waals surface area contributed by atoms with Crippen LogP contribution in [0.3, 0.4) is 0 Å². The average molecular weight is 348 g/mol. The van der Waals surface area contributed by atoms with Crippen molar-refractivity contribution in [2.24, 2.45) is 5.92 Å². The van der Waals surface area contributed by atoms with Gasteiger partial charge >= 0.3 is 6.03 Å². The zero-order chi connectivity index (χ0) is 18.2. The van der Waals surface area contributed by atoms with E-state index in [1.807, 2.05) is 19.9 Å². The van der Waals surface area contributed by atoms with E-state index in [4.69, 9.17) is 0 Å². The van der Waals surface area contributed by atoms with E-state index in [0.29, 0.717) is 19.0 Å². The summed E-state index contributed by atoms with van der Waals surface area (Å²) in [7, 11) is 0. The predicted molar refractivity (Wildman–Crippen MR) is 101 cm³/mol. The molecule has 2 rings (SSSR count). The molecule has 2 unspecified atom stereocenters. The second-order valence-electron chi connectivity index (χ2n) is 7.40. The number of nitrogens with one attached hydrogen (secondary N) is 2. The highest BCUT2D eigenvalue weighted by Crippen LogP contribution is 2.23. The molecule has 5 nitrogen and oxygen atoms in total. The van der Waals surface area contributed by atoms with Crippen LogP contribution in [-0.2, 0) is 0 Å². The van der Waals surface area contributed by atoms with Crippen molar-refractivity contribution in [3.05, 3.63) is 35.9 Å². The highest BCUT2D eigenvalue weighted by molar-refractivity contribution is 5.74. The highest BCUT2D eigenvalue weighted by atomic mass is 16.3. The lowest BCUT2D eigenvalue weighted by Crippen LogP contribution is -2.48. The standard InChI is InChI=1S/C20H33N3O2/c1-15(2)19(24)9-12-21-20(25)22-18-10-13-23(14-11-18)16(3)17-7-5-4-6-8-17/h4-8,15-16,18-19,24H,9-14H2,1-3H3,(H2,21,22,25). The van der Waals surface area contributed by atoms with Crippen LogP contribution in [0.5, 0.6) is 0 Å². The van der Waals surface area contributed by atoms with Crippen LogP contribution < -0.4 is 10.6 Å². The third-order valence-electron chi connectivity index (χ3n) is 5.19. The Morgan fingerprint density at radius 1 is 1.20 bits per heavy atom. The molecule has 1 fully saturated rings. The summed E-state index contributed by atoms with van der Waals surface area (Å²) in [6.07, 6.45) is 2.18. The first-order valence-electron chi connectivity index (χ1n) is 9.48. The van der Waals surface area contributed by atoms with Crippen molar-refractivity contribution >= 4 is 6.03 Å². The fourth-order valence-electron chi connectivity index (χ4n) is 3.28. The summed E-state index contributed by atoms with van der Waals surface area (Å²) in [5, 5.41) is 15.7. The van der Waals surface area contributed by atoms with E-state index in [-0.39, 0.29) is 24.1 Å². The smallest absolute Gasteiger partial charge is 0.315 e. The molecule has 1 heterocycles. The first-order valence-corrected chi connectivity index (χ1v) is 9.48. The number of aliphatic hydroxyl groups excluding tert-OH is 1. The Labute approximate surface area is 151 Å². The van der Waals surface area contributed by atoms with E-state index < -0.39 is 0 Å². The molecule has 25 heavy (non-hydrogen) atoms. The van der Waals surface area contributed by atoms with Gasteiger partial charge in [0.15, 0.2) is 0 Å². The predicted octanol–water partition coefficient (Wildman–Crippen LogP) is 2.92. The van der Waals surface area contributed by atoms with Gasteiger partial charge in [-0.2, -0.15) is 0 Å². The molecule has 0 aromatic heterocycles. The van der Waals surface area contributed by atoms with Gasteiger partial charge < -0.3 is 15.7 Å². The minimum atomic E-state index is -0.358. The van der Waals surface area contributed by atoms with Crippen LogP contribution in [0, 0.1) is 5.92 Å². The largest absolute Gasteiger partial charge is 0.393 e. The molecule has 5 heteroatoms. The molecular weight excluding hydrogens is 314 g/mol. The molecule has 0 bridgehead atoms. The number of benzene rings is 1. The van der Waals surface area contributed by atoms with Crippen LogP contribution in [0.4, 0.5) is 4.79 Å². The third kappa shape index (κ3) is 6.33. The first-order chi connectivity index (χ1) is 12.0. The van der Waals surface area contributed by atoms with E-state index >= 15 is 0 Å². The van der Waals surface area contributed by atoms with Gasteiger partial charge in [0.05, 0.1) is 6.10 Å². The second-order valence-corrected chi connectivity index (χ2v) is 7.40. The fraction of sp³-hybridized carbons (Fsp3) is 0.650. The fourth-order valence-corrected chi connectivity index (χ4v) is 3.28. The lowest BCUT2D eigenvalue weighted by molar-refractivity contribution is 0.116. The van der Waals surface area contributed by atoms with Crippen LogP contribution in [0.2, 0.25) is 0 Å². The Morgan fingerprint density at radius 3 is 2.44 bits per heavy atom. The maximum Gasteiger partial charge on any atom is 0.315 e. The van der Waals surface area contributed by atoms with Gasteiger partial charge in [-0.25, -0.2) is 4.79 Å². The molecule has 140 valence electrons. The first kappa shape index (κ1) is 19.7. The van der Waals surface area contributed by atoms with Crippen molar-refractivity contribution in [2.45, 2.75) is 58.2 Å². The van der Waals surface area contributed by atoms with Crippen LogP contribution in [-0.4, -0.2) is 47.8 Å². The molecule has 3 N–H and O–H groups in total. The van der Waals surface area contributed by atoms with Crippen molar-refractivity contribution in [3.63, 3.8) is 0 Å². The van der Waals surface area contributed by atoms with E-state index in [0.717, 1.165) is 25.9 Å². The van der Waals surface area contributed by atoms with E-state index in [1.165, 1.54) is 5.56 Å². The number of amides is 2. The maximum atomic E-state index is 12.0. The number of likely N-dealkylation sites (tertiary alicyclic amines) is 1. The molecular formula is C20H33N3O2. The van der Waals surface area contributed by atoms with Crippen molar-refractivity contribution < 1.29 is 9.90 Å². The number of urea groups is 1. The number of rotatable bonds is 7. The number of piperidine rings is 1. The normalized spacial score (nSPS) is 18.8. The molecule has 1 saturated heterocycles. The Kier molecular flexibility index (Phi) is 7.72. The number of hydrogen-bond donors (Lipinski definition) is 3. The third-order valence-corrected chi connectivity index (χ3v) is 5.19. The summed E-state index contributed by atoms with van der Waals surface area (Å²) in [5.41, 5.74) is 1.34. The van der Waals surface area contributed by atoms with Crippen LogP contribution >= 0.6 is 0 Å². The topological polar surface area (TPSA) is 64.6 Å². The van der Waals surface area contributed by atoms with Crippen LogP contribution in [0.15, 0.2) is 30.3 Å². The Hall–Kier alpha value is -1.59. The molecule has 0 aliphatic carbocycles. The lowest BCUT2D eigenvalue weighted by Gasteiger charge is -2.36. The molecule has 2 amide bonds. The van der Waals surface area contributed by atoms with Gasteiger partial charge in [0.1, 0.15) is 0 Å². The maximum absolute atomic E-state index is 12.0.